The zero-order valence-corrected chi connectivity index (χ0v) is 10.6. The normalized spacial score (nSPS) is 10.8. The molecule has 96 valence electrons. The number of hydrogen-bond donors (Lipinski definition) is 0. The molecule has 0 saturated carbocycles. The summed E-state index contributed by atoms with van der Waals surface area (Å²) in [5, 5.41) is 0. The lowest BCUT2D eigenvalue weighted by Crippen LogP contribution is -2.01. The van der Waals surface area contributed by atoms with Gasteiger partial charge in [-0.2, -0.15) is 0 Å². The van der Waals surface area contributed by atoms with Gasteiger partial charge in [0.2, 0.25) is 0 Å². The molecule has 0 radical (unpaired) electrons. The molecule has 0 N–H and O–H groups in total. The number of fused-ring (bicyclic) bond motifs is 1. The SMILES string of the molecule is COC(=O)c1ccn2cc(-c3ccc(C)o3)nc2c1. The van der Waals surface area contributed by atoms with Crippen LogP contribution < -0.4 is 0 Å². The molecule has 0 bridgehead atoms. The molecule has 3 aromatic heterocycles. The fourth-order valence-electron chi connectivity index (χ4n) is 1.92. The van der Waals surface area contributed by atoms with Crippen LogP contribution in [0.4, 0.5) is 0 Å². The van der Waals surface area contributed by atoms with Crippen molar-refractivity contribution in [1.82, 2.24) is 9.38 Å². The van der Waals surface area contributed by atoms with Crippen molar-refractivity contribution in [3.05, 3.63) is 48.0 Å². The van der Waals surface area contributed by atoms with Gasteiger partial charge in [0.15, 0.2) is 5.76 Å². The van der Waals surface area contributed by atoms with E-state index in [1.165, 1.54) is 7.11 Å². The molecule has 3 rings (SSSR count). The Morgan fingerprint density at radius 3 is 2.89 bits per heavy atom. The maximum Gasteiger partial charge on any atom is 0.338 e. The predicted molar refractivity (Wildman–Crippen MR) is 69.0 cm³/mol. The number of aromatic nitrogens is 2. The van der Waals surface area contributed by atoms with E-state index < -0.39 is 0 Å². The van der Waals surface area contributed by atoms with Gasteiger partial charge in [0.05, 0.1) is 12.7 Å². The summed E-state index contributed by atoms with van der Waals surface area (Å²) in [6.45, 7) is 1.88. The van der Waals surface area contributed by atoms with Gasteiger partial charge >= 0.3 is 5.97 Å². The lowest BCUT2D eigenvalue weighted by Gasteiger charge is -1.98. The van der Waals surface area contributed by atoms with E-state index in [2.05, 4.69) is 9.72 Å². The van der Waals surface area contributed by atoms with Crippen molar-refractivity contribution in [2.45, 2.75) is 6.92 Å². The van der Waals surface area contributed by atoms with Crippen molar-refractivity contribution in [1.29, 1.82) is 0 Å². The molecule has 0 fully saturated rings. The number of furan rings is 1. The zero-order valence-electron chi connectivity index (χ0n) is 10.6. The number of ether oxygens (including phenoxy) is 1. The monoisotopic (exact) mass is 256 g/mol. The third-order valence-corrected chi connectivity index (χ3v) is 2.87. The van der Waals surface area contributed by atoms with Crippen LogP contribution in [0.15, 0.2) is 41.1 Å². The minimum atomic E-state index is -0.374. The molecule has 0 unspecified atom stereocenters. The maximum absolute atomic E-state index is 11.5. The topological polar surface area (TPSA) is 56.7 Å². The average molecular weight is 256 g/mol. The first-order valence-electron chi connectivity index (χ1n) is 5.81. The third-order valence-electron chi connectivity index (χ3n) is 2.87. The Bertz CT molecular complexity index is 755. The van der Waals surface area contributed by atoms with Crippen LogP contribution >= 0.6 is 0 Å². The predicted octanol–water partition coefficient (Wildman–Crippen LogP) is 2.69. The second-order valence-electron chi connectivity index (χ2n) is 4.21. The second-order valence-corrected chi connectivity index (χ2v) is 4.21. The van der Waals surface area contributed by atoms with Crippen LogP contribution in [0, 0.1) is 6.92 Å². The number of methoxy groups -OCH3 is 1. The quantitative estimate of drug-likeness (QED) is 0.661. The molecule has 5 nitrogen and oxygen atoms in total. The second kappa shape index (κ2) is 4.28. The number of carbonyl (C=O) groups is 1. The fourth-order valence-corrected chi connectivity index (χ4v) is 1.92. The number of esters is 1. The molecule has 0 aliphatic rings. The summed E-state index contributed by atoms with van der Waals surface area (Å²) < 4.78 is 12.0. The minimum Gasteiger partial charge on any atom is -0.465 e. The van der Waals surface area contributed by atoms with Gasteiger partial charge in [0.25, 0.3) is 0 Å². The Labute approximate surface area is 109 Å². The van der Waals surface area contributed by atoms with Gasteiger partial charge in [-0.05, 0) is 31.2 Å². The number of aryl methyl sites for hydroxylation is 1. The van der Waals surface area contributed by atoms with E-state index in [9.17, 15) is 4.79 Å². The molecule has 0 amide bonds. The highest BCUT2D eigenvalue weighted by molar-refractivity contribution is 5.90. The molecule has 5 heteroatoms. The van der Waals surface area contributed by atoms with E-state index >= 15 is 0 Å². The van der Waals surface area contributed by atoms with Gasteiger partial charge in [0, 0.05) is 12.4 Å². The number of hydrogen-bond acceptors (Lipinski definition) is 4. The Morgan fingerprint density at radius 1 is 1.37 bits per heavy atom. The van der Waals surface area contributed by atoms with Crippen molar-refractivity contribution in [3.8, 4) is 11.5 Å². The summed E-state index contributed by atoms with van der Waals surface area (Å²) >= 11 is 0. The highest BCUT2D eigenvalue weighted by Gasteiger charge is 2.11. The molecular formula is C14H12N2O3. The van der Waals surface area contributed by atoms with E-state index in [-0.39, 0.29) is 5.97 Å². The van der Waals surface area contributed by atoms with Gasteiger partial charge < -0.3 is 13.6 Å². The number of nitrogens with zero attached hydrogens (tertiary/aromatic N) is 2. The molecule has 0 saturated heterocycles. The van der Waals surface area contributed by atoms with Crippen molar-refractivity contribution >= 4 is 11.6 Å². The van der Waals surface area contributed by atoms with E-state index in [4.69, 9.17) is 4.42 Å². The highest BCUT2D eigenvalue weighted by atomic mass is 16.5. The lowest BCUT2D eigenvalue weighted by molar-refractivity contribution is 0.0600. The Morgan fingerprint density at radius 2 is 2.21 bits per heavy atom. The standard InChI is InChI=1S/C14H12N2O3/c1-9-3-4-12(19-9)11-8-16-6-5-10(14(17)18-2)7-13(16)15-11/h3-8H,1-2H3. The van der Waals surface area contributed by atoms with Gasteiger partial charge in [-0.1, -0.05) is 0 Å². The van der Waals surface area contributed by atoms with Crippen molar-refractivity contribution in [2.24, 2.45) is 0 Å². The van der Waals surface area contributed by atoms with Gasteiger partial charge in [-0.15, -0.1) is 0 Å². The first-order valence-corrected chi connectivity index (χ1v) is 5.81. The average Bonchev–Trinajstić information content (AvgIpc) is 3.02. The number of pyridine rings is 1. The number of carbonyl (C=O) groups excluding carboxylic acids is 1. The Kier molecular flexibility index (Phi) is 2.59. The highest BCUT2D eigenvalue weighted by Crippen LogP contribution is 2.21. The van der Waals surface area contributed by atoms with E-state index in [1.54, 1.807) is 18.3 Å². The Hall–Kier alpha value is -2.56. The van der Waals surface area contributed by atoms with Gasteiger partial charge in [0.1, 0.15) is 17.1 Å². The number of imidazole rings is 1. The van der Waals surface area contributed by atoms with E-state index in [0.717, 1.165) is 11.5 Å². The summed E-state index contributed by atoms with van der Waals surface area (Å²) in [4.78, 5) is 15.9. The zero-order chi connectivity index (χ0) is 13.4. The molecular weight excluding hydrogens is 244 g/mol. The fraction of sp³-hybridized carbons (Fsp3) is 0.143. The summed E-state index contributed by atoms with van der Waals surface area (Å²) in [7, 11) is 1.36. The van der Waals surface area contributed by atoms with E-state index in [0.29, 0.717) is 17.0 Å². The Balaban J connectivity index is 2.08. The number of rotatable bonds is 2. The molecule has 0 aliphatic carbocycles. The van der Waals surface area contributed by atoms with Crippen LogP contribution in [0.1, 0.15) is 16.1 Å². The van der Waals surface area contributed by atoms with Crippen molar-refractivity contribution < 1.29 is 13.9 Å². The summed E-state index contributed by atoms with van der Waals surface area (Å²) in [6, 6.07) is 7.14. The largest absolute Gasteiger partial charge is 0.465 e. The molecule has 0 spiro atoms. The molecule has 19 heavy (non-hydrogen) atoms. The van der Waals surface area contributed by atoms with Crippen molar-refractivity contribution in [3.63, 3.8) is 0 Å². The molecule has 3 aromatic rings. The summed E-state index contributed by atoms with van der Waals surface area (Å²) in [5.41, 5.74) is 1.88. The van der Waals surface area contributed by atoms with Crippen LogP contribution in [0.3, 0.4) is 0 Å². The van der Waals surface area contributed by atoms with Crippen LogP contribution in [0.2, 0.25) is 0 Å². The van der Waals surface area contributed by atoms with Gasteiger partial charge in [-0.3, -0.25) is 0 Å². The smallest absolute Gasteiger partial charge is 0.338 e. The van der Waals surface area contributed by atoms with Crippen LogP contribution in [0.25, 0.3) is 17.1 Å². The first kappa shape index (κ1) is 11.5. The molecule has 0 aliphatic heterocycles. The van der Waals surface area contributed by atoms with Crippen molar-refractivity contribution in [2.75, 3.05) is 7.11 Å². The summed E-state index contributed by atoms with van der Waals surface area (Å²) in [5.74, 6) is 1.17. The molecule has 3 heterocycles. The summed E-state index contributed by atoms with van der Waals surface area (Å²) in [6.07, 6.45) is 3.63. The van der Waals surface area contributed by atoms with E-state index in [1.807, 2.05) is 29.7 Å². The van der Waals surface area contributed by atoms with Crippen LogP contribution in [-0.2, 0) is 4.74 Å². The van der Waals surface area contributed by atoms with Crippen LogP contribution in [-0.4, -0.2) is 22.5 Å². The molecule has 0 atom stereocenters. The third kappa shape index (κ3) is 1.99. The first-order chi connectivity index (χ1) is 9.17. The van der Waals surface area contributed by atoms with Gasteiger partial charge in [-0.25, -0.2) is 9.78 Å². The molecule has 0 aromatic carbocycles. The lowest BCUT2D eigenvalue weighted by atomic mass is 10.3. The van der Waals surface area contributed by atoms with Crippen LogP contribution in [0.5, 0.6) is 0 Å². The maximum atomic E-state index is 11.5. The minimum absolute atomic E-state index is 0.374.